The van der Waals surface area contributed by atoms with E-state index in [4.69, 9.17) is 10.2 Å². The Balaban J connectivity index is 1.92. The van der Waals surface area contributed by atoms with Crippen molar-refractivity contribution >= 4 is 23.0 Å². The molecule has 1 heterocycles. The molecule has 20 heavy (non-hydrogen) atoms. The van der Waals surface area contributed by atoms with Crippen LogP contribution in [0.15, 0.2) is 59.0 Å². The molecule has 1 amide bonds. The Bertz CT molecular complexity index is 704. The number of nitrogens with zero attached hydrogens (tertiary/aromatic N) is 1. The third-order valence-corrected chi connectivity index (χ3v) is 2.98. The molecule has 0 aliphatic heterocycles. The van der Waals surface area contributed by atoms with E-state index in [2.05, 4.69) is 10.3 Å². The van der Waals surface area contributed by atoms with Crippen molar-refractivity contribution in [2.24, 2.45) is 5.73 Å². The van der Waals surface area contributed by atoms with Crippen molar-refractivity contribution < 1.29 is 9.21 Å². The Labute approximate surface area is 115 Å². The topological polar surface area (TPSA) is 81.2 Å². The molecule has 0 aliphatic rings. The number of anilines is 1. The van der Waals surface area contributed by atoms with E-state index >= 15 is 0 Å². The van der Waals surface area contributed by atoms with Gasteiger partial charge in [0.1, 0.15) is 11.6 Å². The van der Waals surface area contributed by atoms with Gasteiger partial charge in [0.15, 0.2) is 5.58 Å². The van der Waals surface area contributed by atoms with Crippen molar-refractivity contribution in [3.05, 3.63) is 60.2 Å². The number of primary amides is 1. The average Bonchev–Trinajstić information content (AvgIpc) is 2.88. The van der Waals surface area contributed by atoms with Crippen LogP contribution in [0, 0.1) is 0 Å². The minimum atomic E-state index is -0.677. The summed E-state index contributed by atoms with van der Waals surface area (Å²) in [5, 5.41) is 2.93. The Morgan fingerprint density at radius 2 is 1.80 bits per heavy atom. The predicted molar refractivity (Wildman–Crippen MR) is 76.0 cm³/mol. The number of carbonyl (C=O) groups is 1. The summed E-state index contributed by atoms with van der Waals surface area (Å²) in [7, 11) is 0. The molecule has 0 fully saturated rings. The molecule has 3 aromatic rings. The highest BCUT2D eigenvalue weighted by Crippen LogP contribution is 2.23. The van der Waals surface area contributed by atoms with E-state index < -0.39 is 11.9 Å². The van der Waals surface area contributed by atoms with Crippen LogP contribution >= 0.6 is 0 Å². The van der Waals surface area contributed by atoms with Crippen molar-refractivity contribution in [1.29, 1.82) is 0 Å². The first-order valence-electron chi connectivity index (χ1n) is 6.20. The molecular weight excluding hydrogens is 254 g/mol. The first kappa shape index (κ1) is 12.2. The van der Waals surface area contributed by atoms with Crippen molar-refractivity contribution in [3.8, 4) is 0 Å². The highest BCUT2D eigenvalue weighted by atomic mass is 16.4. The summed E-state index contributed by atoms with van der Waals surface area (Å²) in [5.41, 5.74) is 7.59. The number of fused-ring (bicyclic) bond motifs is 1. The number of hydrogen-bond acceptors (Lipinski definition) is 4. The van der Waals surface area contributed by atoms with Crippen LogP contribution in [-0.2, 0) is 4.79 Å². The van der Waals surface area contributed by atoms with Crippen molar-refractivity contribution in [2.45, 2.75) is 6.04 Å². The molecule has 0 saturated heterocycles. The quantitative estimate of drug-likeness (QED) is 0.760. The van der Waals surface area contributed by atoms with Crippen LogP contribution in [0.4, 0.5) is 6.01 Å². The van der Waals surface area contributed by atoms with Gasteiger partial charge in [-0.2, -0.15) is 4.98 Å². The number of para-hydroxylation sites is 2. The molecule has 1 atom stereocenters. The van der Waals surface area contributed by atoms with E-state index in [9.17, 15) is 4.79 Å². The lowest BCUT2D eigenvalue weighted by atomic mass is 10.1. The molecule has 3 rings (SSSR count). The monoisotopic (exact) mass is 267 g/mol. The molecule has 0 bridgehead atoms. The maximum atomic E-state index is 11.6. The van der Waals surface area contributed by atoms with E-state index in [1.54, 1.807) is 0 Å². The minimum absolute atomic E-state index is 0.277. The second kappa shape index (κ2) is 5.05. The van der Waals surface area contributed by atoms with Gasteiger partial charge in [0.2, 0.25) is 5.91 Å². The molecule has 0 spiro atoms. The lowest BCUT2D eigenvalue weighted by Crippen LogP contribution is -2.27. The van der Waals surface area contributed by atoms with Gasteiger partial charge in [-0.05, 0) is 17.7 Å². The van der Waals surface area contributed by atoms with Gasteiger partial charge >= 0.3 is 0 Å². The molecule has 0 saturated carbocycles. The van der Waals surface area contributed by atoms with E-state index in [0.717, 1.165) is 11.1 Å². The molecule has 3 N–H and O–H groups in total. The van der Waals surface area contributed by atoms with Crippen LogP contribution < -0.4 is 11.1 Å². The standard InChI is InChI=1S/C15H13N3O2/c16-14(19)13(10-6-2-1-3-7-10)18-15-17-11-8-4-5-9-12(11)20-15/h1-9,13H,(H2,16,19)(H,17,18)/t13-/m1/s1. The number of nitrogens with two attached hydrogens (primary N) is 1. The van der Waals surface area contributed by atoms with Crippen molar-refractivity contribution in [3.63, 3.8) is 0 Å². The Morgan fingerprint density at radius 3 is 2.50 bits per heavy atom. The summed E-state index contributed by atoms with van der Waals surface area (Å²) in [4.78, 5) is 15.9. The Morgan fingerprint density at radius 1 is 1.10 bits per heavy atom. The van der Waals surface area contributed by atoms with Gasteiger partial charge < -0.3 is 15.5 Å². The lowest BCUT2D eigenvalue weighted by molar-refractivity contribution is -0.118. The third kappa shape index (κ3) is 2.33. The van der Waals surface area contributed by atoms with Gasteiger partial charge in [-0.3, -0.25) is 4.79 Å². The smallest absolute Gasteiger partial charge is 0.296 e. The minimum Gasteiger partial charge on any atom is -0.424 e. The zero-order valence-corrected chi connectivity index (χ0v) is 10.6. The first-order valence-corrected chi connectivity index (χ1v) is 6.20. The fourth-order valence-electron chi connectivity index (χ4n) is 2.02. The second-order valence-electron chi connectivity index (χ2n) is 4.38. The van der Waals surface area contributed by atoms with Crippen LogP contribution in [0.5, 0.6) is 0 Å². The molecular formula is C15H13N3O2. The summed E-state index contributed by atoms with van der Waals surface area (Å²) < 4.78 is 5.54. The van der Waals surface area contributed by atoms with Gasteiger partial charge in [-0.1, -0.05) is 42.5 Å². The highest BCUT2D eigenvalue weighted by Gasteiger charge is 2.19. The van der Waals surface area contributed by atoms with E-state index in [-0.39, 0.29) is 6.01 Å². The van der Waals surface area contributed by atoms with E-state index in [1.165, 1.54) is 0 Å². The van der Waals surface area contributed by atoms with Crippen molar-refractivity contribution in [1.82, 2.24) is 4.98 Å². The summed E-state index contributed by atoms with van der Waals surface area (Å²) in [6.07, 6.45) is 0. The average molecular weight is 267 g/mol. The summed E-state index contributed by atoms with van der Waals surface area (Å²) in [6.45, 7) is 0. The largest absolute Gasteiger partial charge is 0.424 e. The molecule has 0 radical (unpaired) electrons. The number of amides is 1. The lowest BCUT2D eigenvalue weighted by Gasteiger charge is -2.13. The number of carbonyl (C=O) groups excluding carboxylic acids is 1. The predicted octanol–water partition coefficient (Wildman–Crippen LogP) is 2.47. The van der Waals surface area contributed by atoms with Gasteiger partial charge in [0, 0.05) is 0 Å². The number of rotatable bonds is 4. The fraction of sp³-hybridized carbons (Fsp3) is 0.0667. The fourth-order valence-corrected chi connectivity index (χ4v) is 2.02. The first-order chi connectivity index (χ1) is 9.74. The van der Waals surface area contributed by atoms with Crippen LogP contribution in [0.3, 0.4) is 0 Å². The van der Waals surface area contributed by atoms with Crippen molar-refractivity contribution in [2.75, 3.05) is 5.32 Å². The number of nitrogens with one attached hydrogen (secondary N) is 1. The van der Waals surface area contributed by atoms with Crippen LogP contribution in [0.2, 0.25) is 0 Å². The number of hydrogen-bond donors (Lipinski definition) is 2. The van der Waals surface area contributed by atoms with E-state index in [1.807, 2.05) is 54.6 Å². The van der Waals surface area contributed by atoms with Gasteiger partial charge in [0.25, 0.3) is 6.01 Å². The van der Waals surface area contributed by atoms with Gasteiger partial charge in [-0.25, -0.2) is 0 Å². The maximum Gasteiger partial charge on any atom is 0.296 e. The molecule has 1 aromatic heterocycles. The number of benzene rings is 2. The summed E-state index contributed by atoms with van der Waals surface area (Å²) >= 11 is 0. The highest BCUT2D eigenvalue weighted by molar-refractivity contribution is 5.84. The number of oxazole rings is 1. The summed E-state index contributed by atoms with van der Waals surface area (Å²) in [5.74, 6) is -0.488. The molecule has 0 unspecified atom stereocenters. The second-order valence-corrected chi connectivity index (χ2v) is 4.38. The normalized spacial score (nSPS) is 12.2. The molecule has 100 valence electrons. The van der Waals surface area contributed by atoms with E-state index in [0.29, 0.717) is 5.58 Å². The van der Waals surface area contributed by atoms with Crippen LogP contribution in [0.1, 0.15) is 11.6 Å². The van der Waals surface area contributed by atoms with Crippen LogP contribution in [0.25, 0.3) is 11.1 Å². The summed E-state index contributed by atoms with van der Waals surface area (Å²) in [6, 6.07) is 16.2. The molecule has 2 aromatic carbocycles. The van der Waals surface area contributed by atoms with Gasteiger partial charge in [0.05, 0.1) is 0 Å². The van der Waals surface area contributed by atoms with Gasteiger partial charge in [-0.15, -0.1) is 0 Å². The number of aromatic nitrogens is 1. The maximum absolute atomic E-state index is 11.6. The molecule has 5 heteroatoms. The zero-order chi connectivity index (χ0) is 13.9. The SMILES string of the molecule is NC(=O)[C@H](Nc1nc2ccccc2o1)c1ccccc1. The third-order valence-electron chi connectivity index (χ3n) is 2.98. The Hall–Kier alpha value is -2.82. The Kier molecular flexibility index (Phi) is 3.09. The molecule has 0 aliphatic carbocycles. The van der Waals surface area contributed by atoms with Crippen LogP contribution in [-0.4, -0.2) is 10.9 Å². The molecule has 5 nitrogen and oxygen atoms in total. The zero-order valence-electron chi connectivity index (χ0n) is 10.6.